The molecule has 2 N–H and O–H groups in total. The van der Waals surface area contributed by atoms with Crippen LogP contribution in [0.5, 0.6) is 0 Å². The van der Waals surface area contributed by atoms with Crippen molar-refractivity contribution >= 4 is 0 Å². The number of hydrogen-bond acceptors (Lipinski definition) is 3. The molecular formula is C17H25NO2. The van der Waals surface area contributed by atoms with E-state index in [1.54, 1.807) is 0 Å². The van der Waals surface area contributed by atoms with Crippen LogP contribution in [0.2, 0.25) is 0 Å². The summed E-state index contributed by atoms with van der Waals surface area (Å²) in [5, 5.41) is 14.4. The number of nitrogens with one attached hydrogen (secondary N) is 1. The fraction of sp³-hybridized carbons (Fsp3) is 0.647. The quantitative estimate of drug-likeness (QED) is 0.887. The van der Waals surface area contributed by atoms with Gasteiger partial charge in [0, 0.05) is 12.6 Å². The van der Waals surface area contributed by atoms with E-state index >= 15 is 0 Å². The fourth-order valence-corrected chi connectivity index (χ4v) is 3.40. The minimum Gasteiger partial charge on any atom is -0.385 e. The lowest BCUT2D eigenvalue weighted by Crippen LogP contribution is -2.45. The highest BCUT2D eigenvalue weighted by Gasteiger charge is 2.33. The highest BCUT2D eigenvalue weighted by molar-refractivity contribution is 5.36. The number of ether oxygens (including phenoxy) is 1. The summed E-state index contributed by atoms with van der Waals surface area (Å²) < 4.78 is 5.50. The highest BCUT2D eigenvalue weighted by atomic mass is 16.5. The minimum absolute atomic E-state index is 0.244. The van der Waals surface area contributed by atoms with E-state index in [9.17, 15) is 5.11 Å². The molecule has 1 aliphatic carbocycles. The molecule has 1 heterocycles. The van der Waals surface area contributed by atoms with Gasteiger partial charge in [0.25, 0.3) is 0 Å². The molecule has 1 saturated carbocycles. The number of hydrogen-bond donors (Lipinski definition) is 2. The maximum absolute atomic E-state index is 11.0. The van der Waals surface area contributed by atoms with E-state index in [4.69, 9.17) is 4.74 Å². The van der Waals surface area contributed by atoms with Crippen molar-refractivity contribution in [3.05, 3.63) is 35.4 Å². The lowest BCUT2D eigenvalue weighted by atomic mass is 9.74. The average molecular weight is 275 g/mol. The summed E-state index contributed by atoms with van der Waals surface area (Å²) in [5.41, 5.74) is 1.67. The van der Waals surface area contributed by atoms with Crippen molar-refractivity contribution in [2.45, 2.75) is 50.2 Å². The molecular weight excluding hydrogens is 250 g/mol. The number of aliphatic hydroxyl groups is 1. The zero-order valence-corrected chi connectivity index (χ0v) is 12.3. The van der Waals surface area contributed by atoms with Crippen LogP contribution < -0.4 is 5.32 Å². The van der Waals surface area contributed by atoms with Crippen LogP contribution in [0, 0.1) is 0 Å². The van der Waals surface area contributed by atoms with Gasteiger partial charge in [-0.05, 0) is 43.2 Å². The molecule has 1 aliphatic heterocycles. The molecule has 2 unspecified atom stereocenters. The predicted octanol–water partition coefficient (Wildman–Crippen LogP) is 2.54. The van der Waals surface area contributed by atoms with Crippen molar-refractivity contribution in [2.24, 2.45) is 0 Å². The van der Waals surface area contributed by atoms with E-state index in [1.807, 2.05) is 13.0 Å². The molecule has 20 heavy (non-hydrogen) atoms. The van der Waals surface area contributed by atoms with Gasteiger partial charge in [-0.15, -0.1) is 0 Å². The summed E-state index contributed by atoms with van der Waals surface area (Å²) >= 11 is 0. The Labute approximate surface area is 121 Å². The van der Waals surface area contributed by atoms with Crippen molar-refractivity contribution in [3.63, 3.8) is 0 Å². The summed E-state index contributed by atoms with van der Waals surface area (Å²) in [5.74, 6) is 0.647. The molecule has 3 heteroatoms. The third kappa shape index (κ3) is 2.90. The molecule has 3 nitrogen and oxygen atoms in total. The molecule has 2 aliphatic rings. The fourth-order valence-electron chi connectivity index (χ4n) is 3.40. The molecule has 0 spiro atoms. The van der Waals surface area contributed by atoms with Gasteiger partial charge < -0.3 is 15.2 Å². The Morgan fingerprint density at radius 3 is 2.80 bits per heavy atom. The van der Waals surface area contributed by atoms with Crippen molar-refractivity contribution in [3.8, 4) is 0 Å². The topological polar surface area (TPSA) is 41.5 Å². The molecule has 0 aromatic heterocycles. The number of rotatable bonds is 4. The Kier molecular flexibility index (Phi) is 4.11. The van der Waals surface area contributed by atoms with E-state index in [0.29, 0.717) is 18.9 Å². The SMILES string of the molecule is CC(O)(CC1COCCN1)c1ccccc1C1CCC1. The van der Waals surface area contributed by atoms with Gasteiger partial charge in [0.2, 0.25) is 0 Å². The second-order valence-corrected chi connectivity index (χ2v) is 6.42. The third-order valence-electron chi connectivity index (χ3n) is 4.73. The molecule has 1 aromatic rings. The third-order valence-corrected chi connectivity index (χ3v) is 4.73. The molecule has 1 aromatic carbocycles. The van der Waals surface area contributed by atoms with Gasteiger partial charge in [-0.1, -0.05) is 30.7 Å². The first-order chi connectivity index (χ1) is 9.67. The second-order valence-electron chi connectivity index (χ2n) is 6.42. The standard InChI is InChI=1S/C17H25NO2/c1-17(19,11-14-12-20-10-9-18-14)16-8-3-2-7-15(16)13-5-4-6-13/h2-3,7-8,13-14,18-19H,4-6,9-12H2,1H3. The first kappa shape index (κ1) is 14.1. The normalized spacial score (nSPS) is 26.8. The second kappa shape index (κ2) is 5.84. The van der Waals surface area contributed by atoms with Crippen LogP contribution in [0.3, 0.4) is 0 Å². The van der Waals surface area contributed by atoms with E-state index < -0.39 is 5.60 Å². The molecule has 2 atom stereocenters. The Morgan fingerprint density at radius 1 is 1.35 bits per heavy atom. The van der Waals surface area contributed by atoms with Crippen LogP contribution in [-0.4, -0.2) is 30.9 Å². The van der Waals surface area contributed by atoms with Crippen LogP contribution in [0.25, 0.3) is 0 Å². The zero-order chi connectivity index (χ0) is 14.0. The van der Waals surface area contributed by atoms with Crippen LogP contribution >= 0.6 is 0 Å². The first-order valence-electron chi connectivity index (χ1n) is 7.80. The molecule has 1 saturated heterocycles. The van der Waals surface area contributed by atoms with Crippen molar-refractivity contribution in [2.75, 3.05) is 19.8 Å². The maximum Gasteiger partial charge on any atom is 0.0887 e. The molecule has 3 rings (SSSR count). The largest absolute Gasteiger partial charge is 0.385 e. The molecule has 0 radical (unpaired) electrons. The Hall–Kier alpha value is -0.900. The number of benzene rings is 1. The molecule has 2 fully saturated rings. The Bertz CT molecular complexity index is 448. The summed E-state index contributed by atoms with van der Waals surface area (Å²) in [6, 6.07) is 8.66. The highest BCUT2D eigenvalue weighted by Crippen LogP contribution is 2.41. The van der Waals surface area contributed by atoms with Crippen LogP contribution in [0.4, 0.5) is 0 Å². The first-order valence-corrected chi connectivity index (χ1v) is 7.80. The Morgan fingerprint density at radius 2 is 2.15 bits per heavy atom. The number of morpholine rings is 1. The van der Waals surface area contributed by atoms with E-state index in [0.717, 1.165) is 18.7 Å². The van der Waals surface area contributed by atoms with Crippen molar-refractivity contribution in [1.29, 1.82) is 0 Å². The smallest absolute Gasteiger partial charge is 0.0887 e. The van der Waals surface area contributed by atoms with Gasteiger partial charge in [0.1, 0.15) is 0 Å². The summed E-state index contributed by atoms with van der Waals surface area (Å²) in [4.78, 5) is 0. The average Bonchev–Trinajstić information content (AvgIpc) is 2.38. The summed E-state index contributed by atoms with van der Waals surface area (Å²) in [7, 11) is 0. The van der Waals surface area contributed by atoms with Crippen LogP contribution in [-0.2, 0) is 10.3 Å². The van der Waals surface area contributed by atoms with Crippen LogP contribution in [0.1, 0.15) is 49.7 Å². The van der Waals surface area contributed by atoms with E-state index in [-0.39, 0.29) is 6.04 Å². The van der Waals surface area contributed by atoms with Gasteiger partial charge in [0.15, 0.2) is 0 Å². The lowest BCUT2D eigenvalue weighted by molar-refractivity contribution is 0.00227. The van der Waals surface area contributed by atoms with Gasteiger partial charge in [-0.3, -0.25) is 0 Å². The van der Waals surface area contributed by atoms with Crippen molar-refractivity contribution in [1.82, 2.24) is 5.32 Å². The predicted molar refractivity (Wildman–Crippen MR) is 79.8 cm³/mol. The lowest BCUT2D eigenvalue weighted by Gasteiger charge is -2.36. The van der Waals surface area contributed by atoms with Crippen molar-refractivity contribution < 1.29 is 9.84 Å². The van der Waals surface area contributed by atoms with Gasteiger partial charge in [0.05, 0.1) is 18.8 Å². The van der Waals surface area contributed by atoms with Crippen LogP contribution in [0.15, 0.2) is 24.3 Å². The summed E-state index contributed by atoms with van der Waals surface area (Å²) in [6.45, 7) is 4.30. The maximum atomic E-state index is 11.0. The van der Waals surface area contributed by atoms with Gasteiger partial charge in [-0.2, -0.15) is 0 Å². The summed E-state index contributed by atoms with van der Waals surface area (Å²) in [6.07, 6.45) is 4.55. The van der Waals surface area contributed by atoms with E-state index in [2.05, 4.69) is 23.5 Å². The molecule has 110 valence electrons. The van der Waals surface area contributed by atoms with Gasteiger partial charge in [-0.25, -0.2) is 0 Å². The Balaban J connectivity index is 1.78. The monoisotopic (exact) mass is 275 g/mol. The zero-order valence-electron chi connectivity index (χ0n) is 12.3. The molecule has 0 bridgehead atoms. The minimum atomic E-state index is -0.787. The van der Waals surface area contributed by atoms with E-state index in [1.165, 1.54) is 24.8 Å². The van der Waals surface area contributed by atoms with Gasteiger partial charge >= 0.3 is 0 Å². The molecule has 0 amide bonds.